The molecule has 1 nitrogen and oxygen atoms in total. The third kappa shape index (κ3) is 6.13. The Hall–Kier alpha value is 0.552. The molecule has 18 heavy (non-hydrogen) atoms. The van der Waals surface area contributed by atoms with E-state index < -0.39 is 0 Å². The Labute approximate surface area is 127 Å². The summed E-state index contributed by atoms with van der Waals surface area (Å²) in [5, 5.41) is 0. The molecule has 0 amide bonds. The van der Waals surface area contributed by atoms with Crippen LogP contribution in [-0.2, 0) is 13.4 Å². The van der Waals surface area contributed by atoms with Gasteiger partial charge >= 0.3 is 33.5 Å². The molecule has 0 aromatic carbocycles. The Bertz CT molecular complexity index is 267. The summed E-state index contributed by atoms with van der Waals surface area (Å²) in [5.41, 5.74) is 0. The average molecular weight is 329 g/mol. The van der Waals surface area contributed by atoms with E-state index >= 15 is 0 Å². The average Bonchev–Trinajstić information content (AvgIpc) is 2.70. The van der Waals surface area contributed by atoms with Crippen LogP contribution in [0.4, 0.5) is 0 Å². The van der Waals surface area contributed by atoms with E-state index in [1.807, 2.05) is 0 Å². The molecule has 106 valence electrons. The molecule has 0 N–H and O–H groups in total. The second kappa shape index (κ2) is 10.4. The van der Waals surface area contributed by atoms with Crippen LogP contribution < -0.4 is 0 Å². The van der Waals surface area contributed by atoms with Crippen LogP contribution in [0.1, 0.15) is 19.3 Å². The molecule has 0 aliphatic heterocycles. The molecule has 0 saturated heterocycles. The van der Waals surface area contributed by atoms with E-state index in [-0.39, 0.29) is 20.8 Å². The van der Waals surface area contributed by atoms with Gasteiger partial charge in [-0.05, 0) is 57.7 Å². The first-order valence-corrected chi connectivity index (χ1v) is 9.59. The van der Waals surface area contributed by atoms with Gasteiger partial charge in [-0.15, -0.1) is 0 Å². The monoisotopic (exact) mass is 328 g/mol. The summed E-state index contributed by atoms with van der Waals surface area (Å²) in [4.78, 5) is 2.30. The predicted octanol–water partition coefficient (Wildman–Crippen LogP) is 4.53. The van der Waals surface area contributed by atoms with Gasteiger partial charge in [0.05, 0.1) is 0 Å². The van der Waals surface area contributed by atoms with Crippen LogP contribution in [0, 0.1) is 25.2 Å². The van der Waals surface area contributed by atoms with Crippen molar-refractivity contribution in [2.24, 2.45) is 17.8 Å². The summed E-state index contributed by atoms with van der Waals surface area (Å²) in [6, 6.07) is 0. The van der Waals surface area contributed by atoms with Crippen molar-refractivity contribution in [1.29, 1.82) is 0 Å². The molecule has 3 unspecified atom stereocenters. The first kappa shape index (κ1) is 18.6. The molecule has 0 aromatic heterocycles. The van der Waals surface area contributed by atoms with E-state index in [1.165, 1.54) is 25.8 Å². The summed E-state index contributed by atoms with van der Waals surface area (Å²) in [7, 11) is 14.0. The van der Waals surface area contributed by atoms with Crippen LogP contribution >= 0.6 is 20.1 Å². The first-order valence-electron chi connectivity index (χ1n) is 6.08. The van der Waals surface area contributed by atoms with E-state index in [0.29, 0.717) is 0 Å². The van der Waals surface area contributed by atoms with Crippen LogP contribution in [-0.4, -0.2) is 25.5 Å². The zero-order valence-corrected chi connectivity index (χ0v) is 14.3. The molecule has 0 radical (unpaired) electrons. The standard InChI is InChI=1S/C13H21N.CH3.2ClH.Cr/c1-14(2)10-9-12-8-7-11-5-3-4-6-13(11)12;;;;/h3-6,11-13H,7-10H2,1-2H3;1H3;2*1H;/q;-1;;;+2/p-2. The number of allylic oxidation sites excluding steroid dienone is 4. The Kier molecular flexibility index (Phi) is 10.7. The summed E-state index contributed by atoms with van der Waals surface area (Å²) in [6.07, 6.45) is 13.5. The summed E-state index contributed by atoms with van der Waals surface area (Å²) >= 11 is -0.181. The predicted molar refractivity (Wildman–Crippen MR) is 79.3 cm³/mol. The van der Waals surface area contributed by atoms with Gasteiger partial charge in [0, 0.05) is 0 Å². The van der Waals surface area contributed by atoms with Gasteiger partial charge in [0.25, 0.3) is 0 Å². The second-order valence-electron chi connectivity index (χ2n) is 5.00. The van der Waals surface area contributed by atoms with Gasteiger partial charge < -0.3 is 12.3 Å². The van der Waals surface area contributed by atoms with Crippen LogP contribution in [0.3, 0.4) is 0 Å². The minimum atomic E-state index is -0.181. The number of hydrogen-bond acceptors (Lipinski definition) is 1. The maximum absolute atomic E-state index is 4.83. The number of fused-ring (bicyclic) bond motifs is 1. The van der Waals surface area contributed by atoms with Gasteiger partial charge in [-0.25, -0.2) is 0 Å². The van der Waals surface area contributed by atoms with E-state index in [4.69, 9.17) is 20.1 Å². The number of hydrogen-bond donors (Lipinski definition) is 0. The third-order valence-corrected chi connectivity index (χ3v) is 3.66. The molecule has 0 heterocycles. The van der Waals surface area contributed by atoms with Crippen LogP contribution in [0.5, 0.6) is 0 Å². The van der Waals surface area contributed by atoms with E-state index in [1.54, 1.807) is 0 Å². The van der Waals surface area contributed by atoms with E-state index in [0.717, 1.165) is 17.8 Å². The SMILES string of the molecule is CN(C)CCC1CCC2C=CC=CC21.[CH3-].[Cl][Cr][Cl]. The molecule has 3 atom stereocenters. The van der Waals surface area contributed by atoms with Gasteiger partial charge in [-0.1, -0.05) is 24.3 Å². The van der Waals surface area contributed by atoms with Crippen LogP contribution in [0.15, 0.2) is 24.3 Å². The normalized spacial score (nSPS) is 28.4. The van der Waals surface area contributed by atoms with Crippen molar-refractivity contribution in [3.05, 3.63) is 31.7 Å². The Morgan fingerprint density at radius 1 is 1.17 bits per heavy atom. The molecule has 1 saturated carbocycles. The van der Waals surface area contributed by atoms with Gasteiger partial charge in [0.1, 0.15) is 0 Å². The fourth-order valence-electron chi connectivity index (χ4n) is 2.83. The fourth-order valence-corrected chi connectivity index (χ4v) is 2.83. The molecule has 2 aliphatic carbocycles. The summed E-state index contributed by atoms with van der Waals surface area (Å²) < 4.78 is 0. The quantitative estimate of drug-likeness (QED) is 0.688. The molecular formula is C14H24Cl2CrN-. The van der Waals surface area contributed by atoms with Crippen molar-refractivity contribution in [2.45, 2.75) is 19.3 Å². The fraction of sp³-hybridized carbons (Fsp3) is 0.643. The van der Waals surface area contributed by atoms with Gasteiger partial charge in [0.15, 0.2) is 0 Å². The van der Waals surface area contributed by atoms with E-state index in [2.05, 4.69) is 43.3 Å². The molecule has 2 aliphatic rings. The van der Waals surface area contributed by atoms with Crippen molar-refractivity contribution in [3.8, 4) is 0 Å². The van der Waals surface area contributed by atoms with Crippen molar-refractivity contribution in [1.82, 2.24) is 4.90 Å². The van der Waals surface area contributed by atoms with Gasteiger partial charge in [-0.2, -0.15) is 0 Å². The van der Waals surface area contributed by atoms with Gasteiger partial charge in [0.2, 0.25) is 0 Å². The Balaban J connectivity index is 0.000000660. The van der Waals surface area contributed by atoms with Crippen molar-refractivity contribution in [2.75, 3.05) is 20.6 Å². The molecule has 0 aromatic rings. The zero-order chi connectivity index (χ0) is 12.7. The van der Waals surface area contributed by atoms with Gasteiger partial charge in [-0.3, -0.25) is 0 Å². The molecule has 2 rings (SSSR count). The second-order valence-corrected chi connectivity index (χ2v) is 7.10. The van der Waals surface area contributed by atoms with Crippen LogP contribution in [0.25, 0.3) is 0 Å². The Morgan fingerprint density at radius 2 is 1.78 bits per heavy atom. The number of nitrogens with zero attached hydrogens (tertiary/aromatic N) is 1. The molecule has 0 spiro atoms. The molecule has 0 bridgehead atoms. The zero-order valence-electron chi connectivity index (χ0n) is 11.5. The van der Waals surface area contributed by atoms with Crippen molar-refractivity contribution >= 4 is 20.1 Å². The molecule has 4 heteroatoms. The van der Waals surface area contributed by atoms with Crippen LogP contribution in [0.2, 0.25) is 0 Å². The molecule has 1 fully saturated rings. The third-order valence-electron chi connectivity index (χ3n) is 3.66. The number of rotatable bonds is 3. The Morgan fingerprint density at radius 3 is 2.39 bits per heavy atom. The summed E-state index contributed by atoms with van der Waals surface area (Å²) in [6.45, 7) is 1.24. The maximum atomic E-state index is 4.83. The summed E-state index contributed by atoms with van der Waals surface area (Å²) in [5.74, 6) is 2.63. The van der Waals surface area contributed by atoms with Crippen molar-refractivity contribution in [3.63, 3.8) is 0 Å². The minimum absolute atomic E-state index is 0. The van der Waals surface area contributed by atoms with E-state index in [9.17, 15) is 0 Å². The van der Waals surface area contributed by atoms with Crippen molar-refractivity contribution < 1.29 is 13.4 Å². The number of halogens is 2. The topological polar surface area (TPSA) is 3.24 Å². The first-order chi connectivity index (χ1) is 8.19. The molecular weight excluding hydrogens is 305 g/mol.